The van der Waals surface area contributed by atoms with Crippen molar-refractivity contribution >= 4 is 0 Å². The Kier molecular flexibility index (Phi) is 4.98. The van der Waals surface area contributed by atoms with Crippen LogP contribution in [0, 0.1) is 12.3 Å². The van der Waals surface area contributed by atoms with Crippen LogP contribution in [0.3, 0.4) is 0 Å². The minimum atomic E-state index is 0.264. The van der Waals surface area contributed by atoms with E-state index in [0.29, 0.717) is 17.4 Å². The molecule has 1 aromatic carbocycles. The van der Waals surface area contributed by atoms with Gasteiger partial charge in [-0.25, -0.2) is 0 Å². The third kappa shape index (κ3) is 4.00. The first-order chi connectivity index (χ1) is 9.82. The van der Waals surface area contributed by atoms with E-state index in [4.69, 9.17) is 4.74 Å². The van der Waals surface area contributed by atoms with Crippen LogP contribution in [0.2, 0.25) is 0 Å². The minimum Gasteiger partial charge on any atom is -0.489 e. The van der Waals surface area contributed by atoms with Gasteiger partial charge in [0.1, 0.15) is 11.9 Å². The summed E-state index contributed by atoms with van der Waals surface area (Å²) in [4.78, 5) is 0. The number of benzene rings is 1. The Hall–Kier alpha value is -1.02. The molecule has 0 aliphatic heterocycles. The van der Waals surface area contributed by atoms with Crippen molar-refractivity contribution in [3.8, 4) is 5.75 Å². The minimum absolute atomic E-state index is 0.264. The monoisotopic (exact) mass is 289 g/mol. The zero-order valence-corrected chi connectivity index (χ0v) is 14.5. The normalized spacial score (nSPS) is 25.1. The van der Waals surface area contributed by atoms with E-state index in [2.05, 4.69) is 65.2 Å². The maximum atomic E-state index is 6.45. The van der Waals surface area contributed by atoms with Gasteiger partial charge < -0.3 is 10.1 Å². The van der Waals surface area contributed by atoms with Crippen LogP contribution < -0.4 is 10.1 Å². The molecular weight excluding hydrogens is 258 g/mol. The highest BCUT2D eigenvalue weighted by molar-refractivity contribution is 5.38. The van der Waals surface area contributed by atoms with E-state index in [1.165, 1.54) is 24.0 Å². The van der Waals surface area contributed by atoms with E-state index < -0.39 is 0 Å². The Morgan fingerprint density at radius 1 is 1.29 bits per heavy atom. The Labute approximate surface area is 130 Å². The van der Waals surface area contributed by atoms with Crippen LogP contribution in [0.1, 0.15) is 64.0 Å². The van der Waals surface area contributed by atoms with Crippen molar-refractivity contribution < 1.29 is 4.74 Å². The van der Waals surface area contributed by atoms with E-state index in [0.717, 1.165) is 12.2 Å². The zero-order chi connectivity index (χ0) is 15.6. The summed E-state index contributed by atoms with van der Waals surface area (Å²) >= 11 is 0. The van der Waals surface area contributed by atoms with E-state index in [-0.39, 0.29) is 6.10 Å². The molecule has 2 unspecified atom stereocenters. The summed E-state index contributed by atoms with van der Waals surface area (Å²) in [5.74, 6) is 1.60. The first-order valence-corrected chi connectivity index (χ1v) is 8.27. The number of aryl methyl sites for hydroxylation is 1. The fraction of sp³-hybridized carbons (Fsp3) is 0.684. The van der Waals surface area contributed by atoms with Crippen LogP contribution in [0.4, 0.5) is 0 Å². The third-order valence-electron chi connectivity index (χ3n) is 4.86. The lowest BCUT2D eigenvalue weighted by molar-refractivity contribution is 0.0553. The Morgan fingerprint density at radius 3 is 2.62 bits per heavy atom. The molecule has 2 rings (SSSR count). The average Bonchev–Trinajstić information content (AvgIpc) is 2.40. The number of likely N-dealkylation sites (N-methyl/N-ethyl adjacent to an activating group) is 1. The molecule has 1 N–H and O–H groups in total. The molecular formula is C19H31NO. The van der Waals surface area contributed by atoms with Gasteiger partial charge in [-0.15, -0.1) is 0 Å². The van der Waals surface area contributed by atoms with Gasteiger partial charge in [0.2, 0.25) is 0 Å². The van der Waals surface area contributed by atoms with E-state index in [1.807, 2.05) is 0 Å². The first kappa shape index (κ1) is 16.4. The second-order valence-electron chi connectivity index (χ2n) is 7.64. The van der Waals surface area contributed by atoms with Gasteiger partial charge in [0.05, 0.1) is 0 Å². The molecule has 0 heterocycles. The van der Waals surface area contributed by atoms with E-state index >= 15 is 0 Å². The van der Waals surface area contributed by atoms with Gasteiger partial charge in [-0.2, -0.15) is 0 Å². The summed E-state index contributed by atoms with van der Waals surface area (Å²) in [7, 11) is 2.05. The van der Waals surface area contributed by atoms with Crippen molar-refractivity contribution in [2.24, 2.45) is 5.41 Å². The van der Waals surface area contributed by atoms with Crippen molar-refractivity contribution in [3.63, 3.8) is 0 Å². The van der Waals surface area contributed by atoms with Crippen molar-refractivity contribution in [3.05, 3.63) is 29.3 Å². The first-order valence-electron chi connectivity index (χ1n) is 8.27. The van der Waals surface area contributed by atoms with Gasteiger partial charge in [0.15, 0.2) is 0 Å². The standard InChI is InChI=1S/C19H31NO/c1-13(2)15-8-7-14(3)17(11-15)21-18-12-19(4,5)10-9-16(18)20-6/h7-8,11,13,16,18,20H,9-10,12H2,1-6H3. The fourth-order valence-corrected chi connectivity index (χ4v) is 3.24. The van der Waals surface area contributed by atoms with Crippen molar-refractivity contribution in [2.45, 2.75) is 71.9 Å². The molecule has 0 bridgehead atoms. The number of hydrogen-bond acceptors (Lipinski definition) is 2. The quantitative estimate of drug-likeness (QED) is 0.870. The van der Waals surface area contributed by atoms with Crippen LogP contribution in [0.15, 0.2) is 18.2 Å². The van der Waals surface area contributed by atoms with Gasteiger partial charge in [-0.1, -0.05) is 39.8 Å². The SMILES string of the molecule is CNC1CCC(C)(C)CC1Oc1cc(C(C)C)ccc1C. The molecule has 1 saturated carbocycles. The smallest absolute Gasteiger partial charge is 0.122 e. The lowest BCUT2D eigenvalue weighted by Gasteiger charge is -2.40. The summed E-state index contributed by atoms with van der Waals surface area (Å²) < 4.78 is 6.45. The molecule has 2 nitrogen and oxygen atoms in total. The molecule has 21 heavy (non-hydrogen) atoms. The Bertz CT molecular complexity index is 478. The second kappa shape index (κ2) is 6.39. The van der Waals surface area contributed by atoms with E-state index in [9.17, 15) is 0 Å². The highest BCUT2D eigenvalue weighted by atomic mass is 16.5. The molecule has 0 spiro atoms. The molecule has 2 atom stereocenters. The van der Waals surface area contributed by atoms with Gasteiger partial charge in [0, 0.05) is 6.04 Å². The number of nitrogens with one attached hydrogen (secondary N) is 1. The number of ether oxygens (including phenoxy) is 1. The summed E-state index contributed by atoms with van der Waals surface area (Å²) in [6, 6.07) is 7.09. The van der Waals surface area contributed by atoms with Crippen LogP contribution in [0.25, 0.3) is 0 Å². The summed E-state index contributed by atoms with van der Waals surface area (Å²) in [5.41, 5.74) is 2.96. The zero-order valence-electron chi connectivity index (χ0n) is 14.5. The predicted molar refractivity (Wildman–Crippen MR) is 90.2 cm³/mol. The molecule has 1 aliphatic carbocycles. The molecule has 0 amide bonds. The third-order valence-corrected chi connectivity index (χ3v) is 4.86. The predicted octanol–water partition coefficient (Wildman–Crippen LogP) is 4.66. The molecule has 0 saturated heterocycles. The highest BCUT2D eigenvalue weighted by Crippen LogP contribution is 2.38. The average molecular weight is 289 g/mol. The van der Waals surface area contributed by atoms with Crippen LogP contribution in [-0.2, 0) is 0 Å². The fourth-order valence-electron chi connectivity index (χ4n) is 3.24. The molecule has 2 heteroatoms. The molecule has 0 radical (unpaired) electrons. The van der Waals surface area contributed by atoms with E-state index in [1.54, 1.807) is 0 Å². The Balaban J connectivity index is 2.20. The number of rotatable bonds is 4. The van der Waals surface area contributed by atoms with Crippen LogP contribution in [-0.4, -0.2) is 19.2 Å². The van der Waals surface area contributed by atoms with Crippen molar-refractivity contribution in [1.29, 1.82) is 0 Å². The van der Waals surface area contributed by atoms with Crippen LogP contribution in [0.5, 0.6) is 5.75 Å². The Morgan fingerprint density at radius 2 is 2.00 bits per heavy atom. The molecule has 118 valence electrons. The van der Waals surface area contributed by atoms with Crippen molar-refractivity contribution in [1.82, 2.24) is 5.32 Å². The molecule has 1 aromatic rings. The van der Waals surface area contributed by atoms with Gasteiger partial charge in [0.25, 0.3) is 0 Å². The molecule has 0 aromatic heterocycles. The molecule has 1 aliphatic rings. The highest BCUT2D eigenvalue weighted by Gasteiger charge is 2.35. The van der Waals surface area contributed by atoms with Gasteiger partial charge in [-0.3, -0.25) is 0 Å². The second-order valence-corrected chi connectivity index (χ2v) is 7.64. The summed E-state index contributed by atoms with van der Waals surface area (Å²) in [6.07, 6.45) is 3.84. The maximum Gasteiger partial charge on any atom is 0.122 e. The lowest BCUT2D eigenvalue weighted by Crippen LogP contribution is -2.47. The van der Waals surface area contributed by atoms with Gasteiger partial charge >= 0.3 is 0 Å². The largest absolute Gasteiger partial charge is 0.489 e. The molecule has 1 fully saturated rings. The van der Waals surface area contributed by atoms with Gasteiger partial charge in [-0.05, 0) is 61.8 Å². The lowest BCUT2D eigenvalue weighted by atomic mass is 9.74. The number of hydrogen-bond donors (Lipinski definition) is 1. The van der Waals surface area contributed by atoms with Crippen LogP contribution >= 0.6 is 0 Å². The summed E-state index contributed by atoms with van der Waals surface area (Å²) in [5, 5.41) is 3.44. The summed E-state index contributed by atoms with van der Waals surface area (Å²) in [6.45, 7) is 11.3. The maximum absolute atomic E-state index is 6.45. The topological polar surface area (TPSA) is 21.3 Å². The van der Waals surface area contributed by atoms with Crippen molar-refractivity contribution in [2.75, 3.05) is 7.05 Å².